The topological polar surface area (TPSA) is 52.6 Å². The van der Waals surface area contributed by atoms with Gasteiger partial charge < -0.3 is 9.47 Å². The maximum atomic E-state index is 11.4. The molecule has 12 heavy (non-hydrogen) atoms. The van der Waals surface area contributed by atoms with E-state index >= 15 is 0 Å². The van der Waals surface area contributed by atoms with E-state index in [1.165, 1.54) is 0 Å². The van der Waals surface area contributed by atoms with E-state index in [0.717, 1.165) is 0 Å². The molecular weight excluding hydrogens is 160 g/mol. The largest absolute Gasteiger partial charge is 0.466 e. The molecule has 70 valence electrons. The molecule has 1 unspecified atom stereocenters. The lowest BCUT2D eigenvalue weighted by Crippen LogP contribution is -2.15. The van der Waals surface area contributed by atoms with Crippen molar-refractivity contribution in [1.29, 1.82) is 0 Å². The van der Waals surface area contributed by atoms with Gasteiger partial charge in [-0.05, 0) is 6.85 Å². The van der Waals surface area contributed by atoms with Gasteiger partial charge >= 0.3 is 11.9 Å². The first-order valence-corrected chi connectivity index (χ1v) is 2.72. The lowest BCUT2D eigenvalue weighted by atomic mass is 10.3. The van der Waals surface area contributed by atoms with Crippen LogP contribution >= 0.6 is 0 Å². The second kappa shape index (κ2) is 5.57. The van der Waals surface area contributed by atoms with E-state index in [2.05, 4.69) is 9.47 Å². The van der Waals surface area contributed by atoms with Crippen molar-refractivity contribution in [3.8, 4) is 0 Å². The monoisotopic (exact) mass is 185 g/mol. The molecule has 0 saturated heterocycles. The molecule has 0 aromatic carbocycles. The molecule has 4 nitrogen and oxygen atoms in total. The third-order valence-electron chi connectivity index (χ3n) is 0.554. The summed E-state index contributed by atoms with van der Waals surface area (Å²) in [5.74, 6) is -3.56. The molecule has 1 atom stereocenters. The number of hydrogen-bond acceptors (Lipinski definition) is 4. The Balaban J connectivity index is 6.08. The Morgan fingerprint density at radius 3 is 2.92 bits per heavy atom. The van der Waals surface area contributed by atoms with Gasteiger partial charge in [0.25, 0.3) is 0 Å². The van der Waals surface area contributed by atoms with E-state index in [1.807, 2.05) is 0 Å². The summed E-state index contributed by atoms with van der Waals surface area (Å²) in [5.41, 5.74) is 0. The fourth-order valence-electron chi connectivity index (χ4n) is 0.262. The summed E-state index contributed by atoms with van der Waals surface area (Å²) in [5, 5.41) is 0. The van der Waals surface area contributed by atoms with Gasteiger partial charge in [0.05, 0.1) is 10.7 Å². The van der Waals surface area contributed by atoms with Crippen LogP contribution in [0.5, 0.6) is 0 Å². The zero-order valence-corrected chi connectivity index (χ0v) is 6.13. The second-order valence-corrected chi connectivity index (χ2v) is 1.54. The standard InChI is InChI=1S/C8H14O4/c1-6(12-8(3)10)4-5-11-7(2)9/h6H,4-5H2,1-3H3/i1D3,3D3,4D2,5D2,6D. The number of hydrogen-bond donors (Lipinski definition) is 0. The van der Waals surface area contributed by atoms with Crippen LogP contribution in [0.4, 0.5) is 0 Å². The van der Waals surface area contributed by atoms with Gasteiger partial charge in [-0.25, -0.2) is 0 Å². The molecule has 0 heterocycles. The van der Waals surface area contributed by atoms with Gasteiger partial charge in [0, 0.05) is 31.1 Å². The smallest absolute Gasteiger partial charge is 0.302 e. The molecule has 0 aliphatic heterocycles. The van der Waals surface area contributed by atoms with Crippen LogP contribution in [0.3, 0.4) is 0 Å². The van der Waals surface area contributed by atoms with Crippen molar-refractivity contribution in [2.45, 2.75) is 33.1 Å². The average molecular weight is 185 g/mol. The Morgan fingerprint density at radius 2 is 2.42 bits per heavy atom. The number of esters is 2. The van der Waals surface area contributed by atoms with Gasteiger partial charge in [0.1, 0.15) is 6.08 Å². The third kappa shape index (κ3) is 7.05. The van der Waals surface area contributed by atoms with Crippen molar-refractivity contribution in [3.05, 3.63) is 0 Å². The van der Waals surface area contributed by atoms with Gasteiger partial charge in [-0.3, -0.25) is 9.59 Å². The van der Waals surface area contributed by atoms with Crippen molar-refractivity contribution in [1.82, 2.24) is 0 Å². The molecule has 0 spiro atoms. The van der Waals surface area contributed by atoms with E-state index in [1.54, 1.807) is 0 Å². The summed E-state index contributed by atoms with van der Waals surface area (Å²) >= 11 is 0. The Labute approximate surface area is 87.3 Å². The van der Waals surface area contributed by atoms with Gasteiger partial charge in [0.15, 0.2) is 0 Å². The van der Waals surface area contributed by atoms with Crippen LogP contribution in [0.15, 0.2) is 0 Å². The molecule has 0 aromatic rings. The van der Waals surface area contributed by atoms with Crippen LogP contribution in [-0.2, 0) is 19.1 Å². The SMILES string of the molecule is [2H]C([2H])([2H])C(=O)OC([2H])(C([2H])([2H])[2H])C([2H])([2H])C([2H])([2H])OC(C)=O. The molecule has 0 aliphatic carbocycles. The molecule has 0 fully saturated rings. The van der Waals surface area contributed by atoms with E-state index in [-0.39, 0.29) is 0 Å². The maximum Gasteiger partial charge on any atom is 0.302 e. The zero-order chi connectivity index (χ0) is 19.1. The summed E-state index contributed by atoms with van der Waals surface area (Å²) in [7, 11) is 0. The number of carbonyl (C=O) groups is 2. The molecule has 4 heteroatoms. The first kappa shape index (κ1) is 2.47. The molecule has 0 N–H and O–H groups in total. The van der Waals surface area contributed by atoms with E-state index in [9.17, 15) is 9.59 Å². The summed E-state index contributed by atoms with van der Waals surface area (Å²) in [6, 6.07) is 0. The zero-order valence-electron chi connectivity index (χ0n) is 17.1. The molecule has 0 amide bonds. The Bertz CT molecular complexity index is 479. The lowest BCUT2D eigenvalue weighted by molar-refractivity contribution is -0.147. The molecule has 0 aliphatic rings. The first-order valence-electron chi connectivity index (χ1n) is 8.22. The highest BCUT2D eigenvalue weighted by Gasteiger charge is 2.05. The summed E-state index contributed by atoms with van der Waals surface area (Å²) in [4.78, 5) is 22.2. The first-order chi connectivity index (χ1) is 9.79. The third-order valence-corrected chi connectivity index (χ3v) is 0.554. The lowest BCUT2D eigenvalue weighted by Gasteiger charge is -2.10. The van der Waals surface area contributed by atoms with Gasteiger partial charge in [-0.2, -0.15) is 0 Å². The summed E-state index contributed by atoms with van der Waals surface area (Å²) in [6.07, 6.45) is -7.93. The van der Waals surface area contributed by atoms with Crippen LogP contribution in [0.2, 0.25) is 0 Å². The van der Waals surface area contributed by atoms with Crippen molar-refractivity contribution in [2.24, 2.45) is 0 Å². The van der Waals surface area contributed by atoms with Crippen LogP contribution in [0.25, 0.3) is 0 Å². The predicted octanol–water partition coefficient (Wildman–Crippen LogP) is 0.891. The van der Waals surface area contributed by atoms with Gasteiger partial charge in [0.2, 0.25) is 0 Å². The van der Waals surface area contributed by atoms with Crippen LogP contribution in [-0.4, -0.2) is 24.6 Å². The molecule has 0 rings (SSSR count). The Morgan fingerprint density at radius 1 is 1.67 bits per heavy atom. The Kier molecular flexibility index (Phi) is 1.14. The van der Waals surface area contributed by atoms with Crippen molar-refractivity contribution >= 4 is 11.9 Å². The fraction of sp³-hybridized carbons (Fsp3) is 0.750. The van der Waals surface area contributed by atoms with Gasteiger partial charge in [-0.1, -0.05) is 0 Å². The molecule has 0 bridgehead atoms. The molecule has 0 saturated carbocycles. The van der Waals surface area contributed by atoms with Crippen LogP contribution < -0.4 is 0 Å². The van der Waals surface area contributed by atoms with Crippen molar-refractivity contribution in [2.75, 3.05) is 6.56 Å². The molecule has 0 radical (unpaired) electrons. The highest BCUT2D eigenvalue weighted by molar-refractivity contribution is 5.66. The van der Waals surface area contributed by atoms with E-state index in [0.29, 0.717) is 6.92 Å². The summed E-state index contributed by atoms with van der Waals surface area (Å²) < 4.78 is 87.2. The minimum absolute atomic E-state index is 0.698. The normalized spacial score (nSPS) is 32.6. The van der Waals surface area contributed by atoms with Crippen molar-refractivity contribution in [3.63, 3.8) is 0 Å². The van der Waals surface area contributed by atoms with Crippen LogP contribution in [0.1, 0.15) is 42.1 Å². The highest BCUT2D eigenvalue weighted by atomic mass is 16.6. The predicted molar refractivity (Wildman–Crippen MR) is 42.5 cm³/mol. The summed E-state index contributed by atoms with van der Waals surface area (Å²) in [6.45, 7) is -10.3. The minimum Gasteiger partial charge on any atom is -0.466 e. The second-order valence-electron chi connectivity index (χ2n) is 1.54. The van der Waals surface area contributed by atoms with Crippen LogP contribution in [0, 0.1) is 0 Å². The van der Waals surface area contributed by atoms with Gasteiger partial charge in [-0.15, -0.1) is 0 Å². The fourth-order valence-corrected chi connectivity index (χ4v) is 0.262. The van der Waals surface area contributed by atoms with E-state index < -0.39 is 44.7 Å². The molecule has 0 aromatic heterocycles. The quantitative estimate of drug-likeness (QED) is 0.610. The number of ether oxygens (including phenoxy) is 2. The number of rotatable bonds is 4. The minimum atomic E-state index is -4.00. The Hall–Kier alpha value is -1.06. The maximum absolute atomic E-state index is 11.4. The number of carbonyl (C=O) groups excluding carboxylic acids is 2. The molecular formula is C8H14O4. The van der Waals surface area contributed by atoms with E-state index in [4.69, 9.17) is 15.1 Å². The average Bonchev–Trinajstić information content (AvgIpc) is 2.23. The van der Waals surface area contributed by atoms with Crippen molar-refractivity contribution < 1.29 is 34.1 Å². The highest BCUT2D eigenvalue weighted by Crippen LogP contribution is 1.97.